The molecule has 0 atom stereocenters. The number of hydrogen-bond donors (Lipinski definition) is 2. The van der Waals surface area contributed by atoms with Crippen LogP contribution in [-0.2, 0) is 19.4 Å². The quantitative estimate of drug-likeness (QED) is 0.900. The van der Waals surface area contributed by atoms with Gasteiger partial charge in [-0.2, -0.15) is 0 Å². The lowest BCUT2D eigenvalue weighted by Crippen LogP contribution is -2.25. The lowest BCUT2D eigenvalue weighted by Gasteiger charge is -2.33. The van der Waals surface area contributed by atoms with E-state index in [9.17, 15) is 9.90 Å². The molecule has 2 aromatic rings. The van der Waals surface area contributed by atoms with Crippen LogP contribution >= 0.6 is 0 Å². The first-order chi connectivity index (χ1) is 10.9. The van der Waals surface area contributed by atoms with Gasteiger partial charge in [-0.3, -0.25) is 0 Å². The number of carbonyl (C=O) groups is 1. The molecule has 1 aliphatic rings. The maximum atomic E-state index is 12.0. The Balaban J connectivity index is 2.25. The second-order valence-corrected chi connectivity index (χ2v) is 7.13. The zero-order valence-corrected chi connectivity index (χ0v) is 13.7. The van der Waals surface area contributed by atoms with E-state index in [4.69, 9.17) is 5.73 Å². The van der Waals surface area contributed by atoms with Crippen LogP contribution in [0.2, 0.25) is 0 Å². The van der Waals surface area contributed by atoms with Gasteiger partial charge in [0.1, 0.15) is 0 Å². The molecule has 0 radical (unpaired) electrons. The highest BCUT2D eigenvalue weighted by molar-refractivity contribution is 5.98. The van der Waals surface area contributed by atoms with Gasteiger partial charge in [0.2, 0.25) is 0 Å². The first kappa shape index (κ1) is 15.8. The van der Waals surface area contributed by atoms with Crippen molar-refractivity contribution in [1.29, 1.82) is 0 Å². The van der Waals surface area contributed by atoms with Gasteiger partial charge in [-0.25, -0.2) is 4.79 Å². The SMILES string of the molecule is CC1(C)CCc2ccc(-c3ccccc3CN)c(C(=O)O)c2C1. The normalized spacial score (nSPS) is 16.0. The number of aryl methyl sites for hydroxylation is 1. The van der Waals surface area contributed by atoms with Crippen LogP contribution in [0, 0.1) is 5.41 Å². The molecule has 3 N–H and O–H groups in total. The van der Waals surface area contributed by atoms with Crippen molar-refractivity contribution < 1.29 is 9.90 Å². The summed E-state index contributed by atoms with van der Waals surface area (Å²) in [6.07, 6.45) is 2.85. The van der Waals surface area contributed by atoms with E-state index in [1.54, 1.807) is 0 Å². The van der Waals surface area contributed by atoms with Crippen molar-refractivity contribution in [2.75, 3.05) is 0 Å². The fourth-order valence-electron chi connectivity index (χ4n) is 3.60. The Morgan fingerprint density at radius 2 is 1.91 bits per heavy atom. The maximum Gasteiger partial charge on any atom is 0.336 e. The minimum absolute atomic E-state index is 0.142. The number of rotatable bonds is 3. The Kier molecular flexibility index (Phi) is 3.99. The standard InChI is InChI=1S/C20H23NO2/c1-20(2)10-9-13-7-8-16(18(19(22)23)17(13)11-20)15-6-4-3-5-14(15)12-21/h3-8H,9-12,21H2,1-2H3,(H,22,23). The smallest absolute Gasteiger partial charge is 0.336 e. The minimum atomic E-state index is -0.846. The summed E-state index contributed by atoms with van der Waals surface area (Å²) in [5, 5.41) is 9.89. The first-order valence-corrected chi connectivity index (χ1v) is 8.09. The summed E-state index contributed by atoms with van der Waals surface area (Å²) in [5.74, 6) is -0.846. The second kappa shape index (κ2) is 5.82. The molecule has 0 saturated carbocycles. The zero-order chi connectivity index (χ0) is 16.6. The third-order valence-corrected chi connectivity index (χ3v) is 4.88. The van der Waals surface area contributed by atoms with Crippen molar-refractivity contribution in [1.82, 2.24) is 0 Å². The van der Waals surface area contributed by atoms with Gasteiger partial charge in [-0.05, 0) is 52.5 Å². The van der Waals surface area contributed by atoms with Crippen LogP contribution in [0.15, 0.2) is 36.4 Å². The molecule has 3 heteroatoms. The molecule has 0 unspecified atom stereocenters. The summed E-state index contributed by atoms with van der Waals surface area (Å²) in [7, 11) is 0. The predicted molar refractivity (Wildman–Crippen MR) is 92.5 cm³/mol. The number of nitrogens with two attached hydrogens (primary N) is 1. The fraction of sp³-hybridized carbons (Fsp3) is 0.350. The molecule has 0 fully saturated rings. The van der Waals surface area contributed by atoms with Gasteiger partial charge in [0.15, 0.2) is 0 Å². The molecule has 0 amide bonds. The Morgan fingerprint density at radius 1 is 1.17 bits per heavy atom. The highest BCUT2D eigenvalue weighted by atomic mass is 16.4. The van der Waals surface area contributed by atoms with Crippen LogP contribution in [-0.4, -0.2) is 11.1 Å². The van der Waals surface area contributed by atoms with E-state index in [2.05, 4.69) is 19.9 Å². The number of aromatic carboxylic acids is 1. The van der Waals surface area contributed by atoms with E-state index in [-0.39, 0.29) is 5.41 Å². The number of benzene rings is 2. The molecule has 0 aliphatic heterocycles. The molecule has 2 aromatic carbocycles. The van der Waals surface area contributed by atoms with Crippen molar-refractivity contribution in [3.05, 3.63) is 58.7 Å². The van der Waals surface area contributed by atoms with Crippen LogP contribution in [0.25, 0.3) is 11.1 Å². The first-order valence-electron chi connectivity index (χ1n) is 8.09. The molecule has 120 valence electrons. The number of hydrogen-bond acceptors (Lipinski definition) is 2. The Bertz CT molecular complexity index is 762. The average Bonchev–Trinajstić information content (AvgIpc) is 2.52. The number of carboxylic acid groups (broad SMARTS) is 1. The van der Waals surface area contributed by atoms with Crippen molar-refractivity contribution in [2.45, 2.75) is 39.7 Å². The highest BCUT2D eigenvalue weighted by Gasteiger charge is 2.30. The molecule has 3 nitrogen and oxygen atoms in total. The topological polar surface area (TPSA) is 63.3 Å². The Morgan fingerprint density at radius 3 is 2.61 bits per heavy atom. The minimum Gasteiger partial charge on any atom is -0.478 e. The van der Waals surface area contributed by atoms with Gasteiger partial charge < -0.3 is 10.8 Å². The van der Waals surface area contributed by atoms with E-state index in [0.29, 0.717) is 12.1 Å². The summed E-state index contributed by atoms with van der Waals surface area (Å²) in [5.41, 5.74) is 11.3. The van der Waals surface area contributed by atoms with Crippen LogP contribution in [0.1, 0.15) is 47.3 Å². The molecular weight excluding hydrogens is 286 g/mol. The lowest BCUT2D eigenvalue weighted by molar-refractivity contribution is 0.0695. The third kappa shape index (κ3) is 2.89. The lowest BCUT2D eigenvalue weighted by atomic mass is 9.72. The van der Waals surface area contributed by atoms with Crippen molar-refractivity contribution in [3.63, 3.8) is 0 Å². The maximum absolute atomic E-state index is 12.0. The van der Waals surface area contributed by atoms with Crippen molar-refractivity contribution in [3.8, 4) is 11.1 Å². The van der Waals surface area contributed by atoms with Crippen LogP contribution in [0.5, 0.6) is 0 Å². The summed E-state index contributed by atoms with van der Waals surface area (Å²) < 4.78 is 0. The summed E-state index contributed by atoms with van der Waals surface area (Å²) >= 11 is 0. The van der Waals surface area contributed by atoms with E-state index >= 15 is 0 Å². The third-order valence-electron chi connectivity index (χ3n) is 4.88. The molecule has 0 heterocycles. The van der Waals surface area contributed by atoms with E-state index in [0.717, 1.165) is 41.5 Å². The fourth-order valence-corrected chi connectivity index (χ4v) is 3.60. The summed E-state index contributed by atoms with van der Waals surface area (Å²) in [6, 6.07) is 11.8. The highest BCUT2D eigenvalue weighted by Crippen LogP contribution is 2.40. The van der Waals surface area contributed by atoms with E-state index in [1.165, 1.54) is 5.56 Å². The zero-order valence-electron chi connectivity index (χ0n) is 13.7. The Labute approximate surface area is 137 Å². The molecule has 0 saturated heterocycles. The summed E-state index contributed by atoms with van der Waals surface area (Å²) in [6.45, 7) is 4.82. The second-order valence-electron chi connectivity index (χ2n) is 7.13. The molecule has 0 spiro atoms. The molecule has 3 rings (SSSR count). The van der Waals surface area contributed by atoms with Crippen LogP contribution in [0.3, 0.4) is 0 Å². The monoisotopic (exact) mass is 309 g/mol. The molecule has 0 bridgehead atoms. The largest absolute Gasteiger partial charge is 0.478 e. The van der Waals surface area contributed by atoms with Crippen LogP contribution in [0.4, 0.5) is 0 Å². The van der Waals surface area contributed by atoms with E-state index < -0.39 is 5.97 Å². The number of fused-ring (bicyclic) bond motifs is 1. The molecule has 1 aliphatic carbocycles. The Hall–Kier alpha value is -2.13. The van der Waals surface area contributed by atoms with Gasteiger partial charge in [0.05, 0.1) is 5.56 Å². The van der Waals surface area contributed by atoms with Gasteiger partial charge >= 0.3 is 5.97 Å². The van der Waals surface area contributed by atoms with Crippen molar-refractivity contribution in [2.24, 2.45) is 11.1 Å². The average molecular weight is 309 g/mol. The van der Waals surface area contributed by atoms with E-state index in [1.807, 2.05) is 30.3 Å². The van der Waals surface area contributed by atoms with Gasteiger partial charge in [-0.1, -0.05) is 50.2 Å². The van der Waals surface area contributed by atoms with Gasteiger partial charge in [0.25, 0.3) is 0 Å². The molecule has 23 heavy (non-hydrogen) atoms. The van der Waals surface area contributed by atoms with Crippen LogP contribution < -0.4 is 5.73 Å². The molecule has 0 aromatic heterocycles. The van der Waals surface area contributed by atoms with Gasteiger partial charge in [0, 0.05) is 6.54 Å². The molecular formula is C20H23NO2. The predicted octanol–water partition coefficient (Wildman–Crippen LogP) is 4.03. The van der Waals surface area contributed by atoms with Gasteiger partial charge in [-0.15, -0.1) is 0 Å². The van der Waals surface area contributed by atoms with Crippen molar-refractivity contribution >= 4 is 5.97 Å². The summed E-state index contributed by atoms with van der Waals surface area (Å²) in [4.78, 5) is 12.0. The number of carboxylic acids is 1.